The summed E-state index contributed by atoms with van der Waals surface area (Å²) in [5.41, 5.74) is 1.38. The van der Waals surface area contributed by atoms with Crippen LogP contribution in [0.2, 0.25) is 0 Å². The van der Waals surface area contributed by atoms with E-state index in [1.807, 2.05) is 12.4 Å². The SMILES string of the molecule is CCCOc1cncc(C2(CC)CCCCCN2)c1. The van der Waals surface area contributed by atoms with Crippen molar-refractivity contribution in [2.45, 2.75) is 57.9 Å². The number of nitrogens with one attached hydrogen (secondary N) is 1. The van der Waals surface area contributed by atoms with Crippen molar-refractivity contribution >= 4 is 0 Å². The smallest absolute Gasteiger partial charge is 0.137 e. The highest BCUT2D eigenvalue weighted by Gasteiger charge is 2.31. The van der Waals surface area contributed by atoms with E-state index >= 15 is 0 Å². The zero-order valence-electron chi connectivity index (χ0n) is 12.2. The van der Waals surface area contributed by atoms with Crippen LogP contribution >= 0.6 is 0 Å². The Kier molecular flexibility index (Phi) is 5.20. The van der Waals surface area contributed by atoms with Crippen molar-refractivity contribution in [3.05, 3.63) is 24.0 Å². The summed E-state index contributed by atoms with van der Waals surface area (Å²) in [6.45, 7) is 6.25. The molecule has 1 aliphatic rings. The fraction of sp³-hybridized carbons (Fsp3) is 0.688. The summed E-state index contributed by atoms with van der Waals surface area (Å²) in [6.07, 6.45) is 11.0. The van der Waals surface area contributed by atoms with Gasteiger partial charge in [0.1, 0.15) is 5.75 Å². The number of rotatable bonds is 5. The van der Waals surface area contributed by atoms with Gasteiger partial charge in [0.25, 0.3) is 0 Å². The van der Waals surface area contributed by atoms with Gasteiger partial charge in [0.15, 0.2) is 0 Å². The van der Waals surface area contributed by atoms with Gasteiger partial charge in [-0.1, -0.05) is 26.7 Å². The summed E-state index contributed by atoms with van der Waals surface area (Å²) < 4.78 is 5.72. The Balaban J connectivity index is 2.21. The molecule has 0 aromatic carbocycles. The highest BCUT2D eigenvalue weighted by molar-refractivity contribution is 5.29. The number of hydrogen-bond acceptors (Lipinski definition) is 3. The second-order valence-electron chi connectivity index (χ2n) is 5.43. The van der Waals surface area contributed by atoms with Crippen molar-refractivity contribution < 1.29 is 4.74 Å². The fourth-order valence-electron chi connectivity index (χ4n) is 2.88. The van der Waals surface area contributed by atoms with Crippen LogP contribution in [-0.4, -0.2) is 18.1 Å². The van der Waals surface area contributed by atoms with Gasteiger partial charge in [0.2, 0.25) is 0 Å². The maximum absolute atomic E-state index is 5.72. The zero-order chi connectivity index (χ0) is 13.6. The summed E-state index contributed by atoms with van der Waals surface area (Å²) >= 11 is 0. The largest absolute Gasteiger partial charge is 0.492 e. The first-order chi connectivity index (χ1) is 9.30. The first kappa shape index (κ1) is 14.3. The number of ether oxygens (including phenoxy) is 1. The van der Waals surface area contributed by atoms with Crippen molar-refractivity contribution in [3.8, 4) is 5.75 Å². The summed E-state index contributed by atoms with van der Waals surface area (Å²) in [6, 6.07) is 2.17. The Morgan fingerprint density at radius 2 is 2.16 bits per heavy atom. The minimum Gasteiger partial charge on any atom is -0.492 e. The molecule has 1 atom stereocenters. The summed E-state index contributed by atoms with van der Waals surface area (Å²) in [5.74, 6) is 0.901. The number of nitrogens with zero attached hydrogens (tertiary/aromatic N) is 1. The lowest BCUT2D eigenvalue weighted by Gasteiger charge is -2.33. The minimum absolute atomic E-state index is 0.0923. The molecule has 0 aliphatic carbocycles. The normalized spacial score (nSPS) is 23.9. The predicted molar refractivity (Wildman–Crippen MR) is 78.5 cm³/mol. The van der Waals surface area contributed by atoms with Crippen molar-refractivity contribution in [1.82, 2.24) is 10.3 Å². The number of aromatic nitrogens is 1. The molecular formula is C16H26N2O. The maximum atomic E-state index is 5.72. The molecule has 19 heavy (non-hydrogen) atoms. The fourth-order valence-corrected chi connectivity index (χ4v) is 2.88. The molecule has 106 valence electrons. The molecule has 0 amide bonds. The van der Waals surface area contributed by atoms with E-state index in [-0.39, 0.29) is 5.54 Å². The molecule has 3 nitrogen and oxygen atoms in total. The van der Waals surface area contributed by atoms with Gasteiger partial charge in [-0.3, -0.25) is 4.98 Å². The van der Waals surface area contributed by atoms with Gasteiger partial charge in [-0.2, -0.15) is 0 Å². The molecule has 1 saturated heterocycles. The number of pyridine rings is 1. The molecular weight excluding hydrogens is 236 g/mol. The molecule has 1 aromatic rings. The molecule has 1 aromatic heterocycles. The van der Waals surface area contributed by atoms with E-state index in [0.717, 1.165) is 31.7 Å². The maximum Gasteiger partial charge on any atom is 0.137 e. The molecule has 0 saturated carbocycles. The topological polar surface area (TPSA) is 34.1 Å². The van der Waals surface area contributed by atoms with Crippen LogP contribution in [0.1, 0.15) is 57.9 Å². The van der Waals surface area contributed by atoms with E-state index in [9.17, 15) is 0 Å². The van der Waals surface area contributed by atoms with E-state index in [0.29, 0.717) is 0 Å². The van der Waals surface area contributed by atoms with E-state index < -0.39 is 0 Å². The van der Waals surface area contributed by atoms with Crippen LogP contribution in [-0.2, 0) is 5.54 Å². The molecule has 0 spiro atoms. The highest BCUT2D eigenvalue weighted by Crippen LogP contribution is 2.33. The van der Waals surface area contributed by atoms with Crippen molar-refractivity contribution in [3.63, 3.8) is 0 Å². The van der Waals surface area contributed by atoms with Crippen LogP contribution in [0.25, 0.3) is 0 Å². The Morgan fingerprint density at radius 1 is 1.26 bits per heavy atom. The first-order valence-corrected chi connectivity index (χ1v) is 7.64. The number of hydrogen-bond donors (Lipinski definition) is 1. The van der Waals surface area contributed by atoms with E-state index in [4.69, 9.17) is 4.74 Å². The molecule has 2 heterocycles. The third-order valence-corrected chi connectivity index (χ3v) is 4.09. The minimum atomic E-state index is 0.0923. The van der Waals surface area contributed by atoms with E-state index in [2.05, 4.69) is 30.2 Å². The van der Waals surface area contributed by atoms with Crippen LogP contribution in [0.3, 0.4) is 0 Å². The summed E-state index contributed by atoms with van der Waals surface area (Å²) in [5, 5.41) is 3.75. The summed E-state index contributed by atoms with van der Waals surface area (Å²) in [7, 11) is 0. The Bertz CT molecular complexity index is 384. The summed E-state index contributed by atoms with van der Waals surface area (Å²) in [4.78, 5) is 4.37. The molecule has 0 bridgehead atoms. The van der Waals surface area contributed by atoms with Crippen molar-refractivity contribution in [2.75, 3.05) is 13.2 Å². The molecule has 2 rings (SSSR count). The third-order valence-electron chi connectivity index (χ3n) is 4.09. The van der Waals surface area contributed by atoms with Crippen LogP contribution in [0.5, 0.6) is 5.75 Å². The first-order valence-electron chi connectivity index (χ1n) is 7.64. The highest BCUT2D eigenvalue weighted by atomic mass is 16.5. The van der Waals surface area contributed by atoms with Gasteiger partial charge in [0, 0.05) is 11.7 Å². The third kappa shape index (κ3) is 3.47. The Hall–Kier alpha value is -1.09. The quantitative estimate of drug-likeness (QED) is 0.879. The van der Waals surface area contributed by atoms with Gasteiger partial charge in [-0.25, -0.2) is 0 Å². The van der Waals surface area contributed by atoms with Gasteiger partial charge < -0.3 is 10.1 Å². The van der Waals surface area contributed by atoms with Crippen LogP contribution in [0.15, 0.2) is 18.5 Å². The van der Waals surface area contributed by atoms with Crippen LogP contribution in [0.4, 0.5) is 0 Å². The lowest BCUT2D eigenvalue weighted by atomic mass is 9.84. The second kappa shape index (κ2) is 6.90. The van der Waals surface area contributed by atoms with Gasteiger partial charge >= 0.3 is 0 Å². The van der Waals surface area contributed by atoms with Gasteiger partial charge in [-0.15, -0.1) is 0 Å². The Morgan fingerprint density at radius 3 is 2.95 bits per heavy atom. The lowest BCUT2D eigenvalue weighted by molar-refractivity contribution is 0.299. The molecule has 1 fully saturated rings. The van der Waals surface area contributed by atoms with E-state index in [1.165, 1.54) is 31.2 Å². The lowest BCUT2D eigenvalue weighted by Crippen LogP contribution is -2.41. The van der Waals surface area contributed by atoms with Crippen LogP contribution in [0, 0.1) is 0 Å². The monoisotopic (exact) mass is 262 g/mol. The average Bonchev–Trinajstić information content (AvgIpc) is 2.72. The molecule has 1 N–H and O–H groups in total. The van der Waals surface area contributed by atoms with Crippen molar-refractivity contribution in [2.24, 2.45) is 0 Å². The van der Waals surface area contributed by atoms with E-state index in [1.54, 1.807) is 0 Å². The molecule has 1 aliphatic heterocycles. The predicted octanol–water partition coefficient (Wildman–Crippen LogP) is 3.64. The second-order valence-corrected chi connectivity index (χ2v) is 5.43. The van der Waals surface area contributed by atoms with Crippen LogP contribution < -0.4 is 10.1 Å². The zero-order valence-corrected chi connectivity index (χ0v) is 12.2. The molecule has 3 heteroatoms. The Labute approximate surface area is 116 Å². The van der Waals surface area contributed by atoms with Gasteiger partial charge in [0.05, 0.1) is 12.8 Å². The standard InChI is InChI=1S/C16H26N2O/c1-3-10-19-15-11-14(12-17-13-15)16(4-2)8-6-5-7-9-18-16/h11-13,18H,3-10H2,1-2H3. The molecule has 0 radical (unpaired) electrons. The van der Waals surface area contributed by atoms with Crippen molar-refractivity contribution in [1.29, 1.82) is 0 Å². The average molecular weight is 262 g/mol. The van der Waals surface area contributed by atoms with Gasteiger partial charge in [-0.05, 0) is 43.9 Å². The molecule has 1 unspecified atom stereocenters.